The normalized spacial score (nSPS) is 22.0. The molecule has 6 heteroatoms. The summed E-state index contributed by atoms with van der Waals surface area (Å²) in [5.74, 6) is -0.584. The third-order valence-electron chi connectivity index (χ3n) is 3.67. The molecule has 1 aliphatic rings. The Balaban J connectivity index is 1.82. The van der Waals surface area contributed by atoms with Crippen molar-refractivity contribution in [1.29, 1.82) is 0 Å². The number of para-hydroxylation sites is 1. The minimum absolute atomic E-state index is 0.0577. The molecule has 1 saturated carbocycles. The van der Waals surface area contributed by atoms with Crippen LogP contribution in [0.5, 0.6) is 5.75 Å². The molecule has 5 nitrogen and oxygen atoms in total. The predicted molar refractivity (Wildman–Crippen MR) is 85.3 cm³/mol. The van der Waals surface area contributed by atoms with E-state index in [9.17, 15) is 9.59 Å². The van der Waals surface area contributed by atoms with Gasteiger partial charge < -0.3 is 14.2 Å². The Kier molecular flexibility index (Phi) is 6.04. The van der Waals surface area contributed by atoms with Gasteiger partial charge >= 0.3 is 11.9 Å². The molecule has 0 aliphatic heterocycles. The fourth-order valence-electron chi connectivity index (χ4n) is 2.32. The van der Waals surface area contributed by atoms with Crippen LogP contribution in [-0.2, 0) is 19.1 Å². The average Bonchev–Trinajstić information content (AvgIpc) is 3.33. The van der Waals surface area contributed by atoms with E-state index in [0.717, 1.165) is 0 Å². The number of rotatable bonds is 9. The number of hydrogen-bond acceptors (Lipinski definition) is 5. The van der Waals surface area contributed by atoms with Gasteiger partial charge in [0.25, 0.3) is 0 Å². The van der Waals surface area contributed by atoms with Crippen molar-refractivity contribution in [3.05, 3.63) is 43.0 Å². The Morgan fingerprint density at radius 1 is 1.17 bits per heavy atom. The number of benzene rings is 1. The van der Waals surface area contributed by atoms with E-state index in [1.54, 1.807) is 6.08 Å². The highest BCUT2D eigenvalue weighted by Crippen LogP contribution is 2.55. The number of carbonyl (C=O) groups is 2. The molecular weight excluding hydrogens is 320 g/mol. The number of alkyl halides is 1. The van der Waals surface area contributed by atoms with Crippen LogP contribution in [0, 0.1) is 11.3 Å². The van der Waals surface area contributed by atoms with E-state index in [1.165, 1.54) is 0 Å². The fraction of sp³-hybridized carbons (Fsp3) is 0.412. The number of ether oxygens (including phenoxy) is 3. The molecule has 1 aromatic carbocycles. The molecule has 2 unspecified atom stereocenters. The molecule has 0 bridgehead atoms. The number of carbonyl (C=O) groups excluding carboxylic acids is 2. The molecule has 2 rings (SSSR count). The maximum atomic E-state index is 12.3. The SMILES string of the molecule is C=CC1CC1(C(=O)OCCCl)C(=O)OCCOc1ccccc1. The number of allylic oxidation sites excluding steroid dienone is 1. The van der Waals surface area contributed by atoms with Gasteiger partial charge in [-0.05, 0) is 18.6 Å². The van der Waals surface area contributed by atoms with Gasteiger partial charge in [-0.1, -0.05) is 24.3 Å². The first-order valence-electron chi connectivity index (χ1n) is 7.36. The molecule has 1 aliphatic carbocycles. The minimum Gasteiger partial charge on any atom is -0.490 e. The molecule has 0 radical (unpaired) electrons. The van der Waals surface area contributed by atoms with Crippen LogP contribution in [0.15, 0.2) is 43.0 Å². The number of halogens is 1. The van der Waals surface area contributed by atoms with Crippen molar-refractivity contribution in [3.63, 3.8) is 0 Å². The second-order valence-corrected chi connectivity index (χ2v) is 5.52. The zero-order valence-electron chi connectivity index (χ0n) is 12.7. The largest absolute Gasteiger partial charge is 0.490 e. The van der Waals surface area contributed by atoms with Crippen LogP contribution in [0.25, 0.3) is 0 Å². The van der Waals surface area contributed by atoms with Crippen LogP contribution >= 0.6 is 11.6 Å². The van der Waals surface area contributed by atoms with Crippen molar-refractivity contribution in [2.75, 3.05) is 25.7 Å². The van der Waals surface area contributed by atoms with E-state index < -0.39 is 17.4 Å². The summed E-state index contributed by atoms with van der Waals surface area (Å²) in [6.07, 6.45) is 1.93. The third kappa shape index (κ3) is 4.05. The van der Waals surface area contributed by atoms with E-state index >= 15 is 0 Å². The van der Waals surface area contributed by atoms with Gasteiger partial charge in [-0.15, -0.1) is 18.2 Å². The Morgan fingerprint density at radius 3 is 2.39 bits per heavy atom. The van der Waals surface area contributed by atoms with Gasteiger partial charge in [0, 0.05) is 5.92 Å². The maximum absolute atomic E-state index is 12.3. The Morgan fingerprint density at radius 2 is 1.83 bits per heavy atom. The van der Waals surface area contributed by atoms with Crippen molar-refractivity contribution in [3.8, 4) is 5.75 Å². The van der Waals surface area contributed by atoms with E-state index in [1.807, 2.05) is 30.3 Å². The van der Waals surface area contributed by atoms with Crippen molar-refractivity contribution in [2.45, 2.75) is 6.42 Å². The fourth-order valence-corrected chi connectivity index (χ4v) is 2.40. The van der Waals surface area contributed by atoms with Gasteiger partial charge in [0.05, 0.1) is 5.88 Å². The van der Waals surface area contributed by atoms with Crippen LogP contribution < -0.4 is 4.74 Å². The predicted octanol–water partition coefficient (Wildman–Crippen LogP) is 2.58. The summed E-state index contributed by atoms with van der Waals surface area (Å²) in [4.78, 5) is 24.3. The lowest BCUT2D eigenvalue weighted by molar-refractivity contribution is -0.165. The monoisotopic (exact) mass is 338 g/mol. The highest BCUT2D eigenvalue weighted by molar-refractivity contribution is 6.18. The van der Waals surface area contributed by atoms with Crippen molar-refractivity contribution >= 4 is 23.5 Å². The summed E-state index contributed by atoms with van der Waals surface area (Å²) >= 11 is 5.50. The van der Waals surface area contributed by atoms with Crippen LogP contribution in [0.2, 0.25) is 0 Å². The molecule has 0 aromatic heterocycles. The van der Waals surface area contributed by atoms with Crippen molar-refractivity contribution in [1.82, 2.24) is 0 Å². The summed E-state index contributed by atoms with van der Waals surface area (Å²) in [5.41, 5.74) is -1.26. The molecule has 0 spiro atoms. The smallest absolute Gasteiger partial charge is 0.324 e. The van der Waals surface area contributed by atoms with Gasteiger partial charge in [0.15, 0.2) is 5.41 Å². The first-order chi connectivity index (χ1) is 11.1. The molecule has 0 saturated heterocycles. The van der Waals surface area contributed by atoms with Crippen LogP contribution in [0.4, 0.5) is 0 Å². The van der Waals surface area contributed by atoms with E-state index in [-0.39, 0.29) is 31.6 Å². The summed E-state index contributed by atoms with van der Waals surface area (Å²) in [6, 6.07) is 9.19. The van der Waals surface area contributed by atoms with Crippen LogP contribution in [0.3, 0.4) is 0 Å². The summed E-state index contributed by atoms with van der Waals surface area (Å²) < 4.78 is 15.6. The standard InChI is InChI=1S/C17H19ClO5/c1-2-13-12-17(13,15(19)22-9-8-18)16(20)23-11-10-21-14-6-4-3-5-7-14/h2-7,13H,1,8-12H2. The Hall–Kier alpha value is -2.01. The lowest BCUT2D eigenvalue weighted by Crippen LogP contribution is -2.33. The van der Waals surface area contributed by atoms with Gasteiger partial charge in [0.1, 0.15) is 25.6 Å². The van der Waals surface area contributed by atoms with E-state index in [4.69, 9.17) is 25.8 Å². The second kappa shape index (κ2) is 8.02. The first-order valence-corrected chi connectivity index (χ1v) is 7.89. The molecular formula is C17H19ClO5. The van der Waals surface area contributed by atoms with Crippen LogP contribution in [0.1, 0.15) is 6.42 Å². The van der Waals surface area contributed by atoms with Gasteiger partial charge in [-0.2, -0.15) is 0 Å². The number of hydrogen-bond donors (Lipinski definition) is 0. The van der Waals surface area contributed by atoms with E-state index in [2.05, 4.69) is 6.58 Å². The second-order valence-electron chi connectivity index (χ2n) is 5.14. The lowest BCUT2D eigenvalue weighted by atomic mass is 10.0. The lowest BCUT2D eigenvalue weighted by Gasteiger charge is -2.15. The van der Waals surface area contributed by atoms with Gasteiger partial charge in [-0.3, -0.25) is 9.59 Å². The highest BCUT2D eigenvalue weighted by atomic mass is 35.5. The molecule has 23 heavy (non-hydrogen) atoms. The van der Waals surface area contributed by atoms with E-state index in [0.29, 0.717) is 12.2 Å². The zero-order chi connectivity index (χ0) is 16.7. The Labute approximate surface area is 140 Å². The van der Waals surface area contributed by atoms with Crippen molar-refractivity contribution < 1.29 is 23.8 Å². The van der Waals surface area contributed by atoms with Crippen LogP contribution in [-0.4, -0.2) is 37.6 Å². The third-order valence-corrected chi connectivity index (χ3v) is 3.82. The minimum atomic E-state index is -1.26. The van der Waals surface area contributed by atoms with Gasteiger partial charge in [-0.25, -0.2) is 0 Å². The zero-order valence-corrected chi connectivity index (χ0v) is 13.5. The first kappa shape index (κ1) is 17.3. The quantitative estimate of drug-likeness (QED) is 0.228. The maximum Gasteiger partial charge on any atom is 0.324 e. The summed E-state index contributed by atoms with van der Waals surface area (Å²) in [7, 11) is 0. The van der Waals surface area contributed by atoms with Gasteiger partial charge in [0.2, 0.25) is 0 Å². The molecule has 1 fully saturated rings. The molecule has 1 aromatic rings. The highest BCUT2D eigenvalue weighted by Gasteiger charge is 2.67. The van der Waals surface area contributed by atoms with Crippen molar-refractivity contribution in [2.24, 2.45) is 11.3 Å². The topological polar surface area (TPSA) is 61.8 Å². The molecule has 0 heterocycles. The summed E-state index contributed by atoms with van der Waals surface area (Å²) in [6.45, 7) is 3.97. The molecule has 0 amide bonds. The average molecular weight is 339 g/mol. The molecule has 2 atom stereocenters. The Bertz CT molecular complexity index is 559. The summed E-state index contributed by atoms with van der Waals surface area (Å²) in [5, 5.41) is 0. The molecule has 124 valence electrons. The number of esters is 2. The molecule has 0 N–H and O–H groups in total.